The standard InChI is InChI=1S/C11H14ClN3O3S/c1-15-10(16)6-9(14-19(13,17)18)11(15)7-2-4-8(12)5-3-7/h2-5,9,11,14H,6H2,1H3,(H2,13,17,18)/t9-,11-/m0/s1. The quantitative estimate of drug-likeness (QED) is 0.847. The van der Waals surface area contributed by atoms with Gasteiger partial charge in [0, 0.05) is 18.5 Å². The Labute approximate surface area is 116 Å². The molecule has 1 saturated heterocycles. The van der Waals surface area contributed by atoms with E-state index in [9.17, 15) is 13.2 Å². The van der Waals surface area contributed by atoms with Crippen molar-refractivity contribution >= 4 is 27.7 Å². The maximum atomic E-state index is 11.7. The molecule has 0 bridgehead atoms. The molecule has 6 nitrogen and oxygen atoms in total. The third-order valence-corrected chi connectivity index (χ3v) is 4.00. The Balaban J connectivity index is 2.33. The molecule has 0 aliphatic carbocycles. The number of nitrogens with two attached hydrogens (primary N) is 1. The van der Waals surface area contributed by atoms with E-state index < -0.39 is 16.3 Å². The minimum absolute atomic E-state index is 0.0836. The van der Waals surface area contributed by atoms with E-state index in [1.165, 1.54) is 4.90 Å². The van der Waals surface area contributed by atoms with Crippen LogP contribution in [0.25, 0.3) is 0 Å². The molecule has 2 rings (SSSR count). The molecule has 0 radical (unpaired) electrons. The van der Waals surface area contributed by atoms with Gasteiger partial charge in [0.2, 0.25) is 5.91 Å². The highest BCUT2D eigenvalue weighted by Crippen LogP contribution is 2.32. The lowest BCUT2D eigenvalue weighted by atomic mass is 10.0. The van der Waals surface area contributed by atoms with Gasteiger partial charge < -0.3 is 4.90 Å². The van der Waals surface area contributed by atoms with E-state index >= 15 is 0 Å². The molecule has 0 unspecified atom stereocenters. The van der Waals surface area contributed by atoms with Crippen molar-refractivity contribution in [2.45, 2.75) is 18.5 Å². The van der Waals surface area contributed by atoms with Crippen LogP contribution in [0.3, 0.4) is 0 Å². The number of hydrogen-bond donors (Lipinski definition) is 2. The van der Waals surface area contributed by atoms with Gasteiger partial charge in [-0.3, -0.25) is 4.79 Å². The highest BCUT2D eigenvalue weighted by molar-refractivity contribution is 7.87. The SMILES string of the molecule is CN1C(=O)C[C@H](NS(N)(=O)=O)[C@@H]1c1ccc(Cl)cc1. The van der Waals surface area contributed by atoms with E-state index in [4.69, 9.17) is 16.7 Å². The number of halogens is 1. The second kappa shape index (κ2) is 5.09. The van der Waals surface area contributed by atoms with Crippen LogP contribution in [0.2, 0.25) is 5.02 Å². The molecular formula is C11H14ClN3O3S. The molecule has 0 spiro atoms. The van der Waals surface area contributed by atoms with E-state index in [1.54, 1.807) is 31.3 Å². The van der Waals surface area contributed by atoms with Crippen molar-refractivity contribution in [3.05, 3.63) is 34.9 Å². The number of rotatable bonds is 3. The van der Waals surface area contributed by atoms with Gasteiger partial charge in [0.15, 0.2) is 0 Å². The molecule has 1 aromatic rings. The summed E-state index contributed by atoms with van der Waals surface area (Å²) in [5.74, 6) is -0.138. The third-order valence-electron chi connectivity index (χ3n) is 3.11. The van der Waals surface area contributed by atoms with Crippen LogP contribution in [0, 0.1) is 0 Å². The Morgan fingerprint density at radius 1 is 1.37 bits per heavy atom. The Bertz CT molecular complexity index is 588. The van der Waals surface area contributed by atoms with Crippen molar-refractivity contribution in [2.75, 3.05) is 7.05 Å². The lowest BCUT2D eigenvalue weighted by Gasteiger charge is -2.25. The average Bonchev–Trinajstić information content (AvgIpc) is 2.54. The number of carbonyl (C=O) groups is 1. The zero-order chi connectivity index (χ0) is 14.2. The summed E-state index contributed by atoms with van der Waals surface area (Å²) >= 11 is 5.81. The summed E-state index contributed by atoms with van der Waals surface area (Å²) in [6.45, 7) is 0. The van der Waals surface area contributed by atoms with Crippen LogP contribution in [-0.4, -0.2) is 32.3 Å². The first-order valence-corrected chi connectivity index (χ1v) is 7.51. The lowest BCUT2D eigenvalue weighted by molar-refractivity contribution is -0.127. The fourth-order valence-corrected chi connectivity index (χ4v) is 3.06. The van der Waals surface area contributed by atoms with Crippen molar-refractivity contribution in [3.8, 4) is 0 Å². The molecule has 1 aliphatic rings. The number of hydrogen-bond acceptors (Lipinski definition) is 3. The van der Waals surface area contributed by atoms with Crippen LogP contribution >= 0.6 is 11.6 Å². The van der Waals surface area contributed by atoms with Gasteiger partial charge in [0.25, 0.3) is 10.2 Å². The molecule has 1 heterocycles. The molecule has 19 heavy (non-hydrogen) atoms. The first kappa shape index (κ1) is 14.3. The minimum atomic E-state index is -3.86. The summed E-state index contributed by atoms with van der Waals surface area (Å²) in [6.07, 6.45) is 0.0836. The highest BCUT2D eigenvalue weighted by atomic mass is 35.5. The second-order valence-electron chi connectivity index (χ2n) is 4.47. The van der Waals surface area contributed by atoms with Gasteiger partial charge in [0.1, 0.15) is 0 Å². The molecule has 3 N–H and O–H groups in total. The van der Waals surface area contributed by atoms with E-state index in [1.807, 2.05) is 0 Å². The predicted octanol–water partition coefficient (Wildman–Crippen LogP) is 0.405. The molecule has 0 aromatic heterocycles. The summed E-state index contributed by atoms with van der Waals surface area (Å²) in [5.41, 5.74) is 0.805. The largest absolute Gasteiger partial charge is 0.337 e. The van der Waals surface area contributed by atoms with Crippen LogP contribution in [-0.2, 0) is 15.0 Å². The Morgan fingerprint density at radius 2 is 1.95 bits per heavy atom. The van der Waals surface area contributed by atoms with Crippen molar-refractivity contribution < 1.29 is 13.2 Å². The van der Waals surface area contributed by atoms with Gasteiger partial charge in [0.05, 0.1) is 12.1 Å². The smallest absolute Gasteiger partial charge is 0.274 e. The van der Waals surface area contributed by atoms with Crippen LogP contribution in [0.4, 0.5) is 0 Å². The minimum Gasteiger partial charge on any atom is -0.337 e. The molecule has 0 saturated carbocycles. The van der Waals surface area contributed by atoms with E-state index in [0.29, 0.717) is 5.02 Å². The summed E-state index contributed by atoms with van der Waals surface area (Å²) < 4.78 is 24.6. The molecular weight excluding hydrogens is 290 g/mol. The topological polar surface area (TPSA) is 92.5 Å². The Kier molecular flexibility index (Phi) is 3.82. The fraction of sp³-hybridized carbons (Fsp3) is 0.364. The van der Waals surface area contributed by atoms with Crippen LogP contribution in [0.1, 0.15) is 18.0 Å². The van der Waals surface area contributed by atoms with Gasteiger partial charge in [-0.15, -0.1) is 0 Å². The first-order chi connectivity index (χ1) is 8.78. The number of nitrogens with one attached hydrogen (secondary N) is 1. The van der Waals surface area contributed by atoms with Crippen molar-refractivity contribution in [2.24, 2.45) is 5.14 Å². The maximum absolute atomic E-state index is 11.7. The van der Waals surface area contributed by atoms with Gasteiger partial charge in [-0.1, -0.05) is 23.7 Å². The van der Waals surface area contributed by atoms with Gasteiger partial charge >= 0.3 is 0 Å². The number of amides is 1. The van der Waals surface area contributed by atoms with Crippen LogP contribution in [0.15, 0.2) is 24.3 Å². The summed E-state index contributed by atoms with van der Waals surface area (Å²) in [7, 11) is -2.23. The van der Waals surface area contributed by atoms with Crippen molar-refractivity contribution in [1.29, 1.82) is 0 Å². The first-order valence-electron chi connectivity index (χ1n) is 5.59. The van der Waals surface area contributed by atoms with Gasteiger partial charge in [-0.25, -0.2) is 5.14 Å². The summed E-state index contributed by atoms with van der Waals surface area (Å²) in [6, 6.07) is 5.96. The molecule has 8 heteroatoms. The Hall–Kier alpha value is -1.15. The third kappa shape index (κ3) is 3.24. The molecule has 104 valence electrons. The lowest BCUT2D eigenvalue weighted by Crippen LogP contribution is -2.42. The van der Waals surface area contributed by atoms with Gasteiger partial charge in [-0.2, -0.15) is 13.1 Å². The van der Waals surface area contributed by atoms with Gasteiger partial charge in [-0.05, 0) is 17.7 Å². The molecule has 2 atom stereocenters. The molecule has 1 aromatic carbocycles. The normalized spacial score (nSPS) is 23.9. The van der Waals surface area contributed by atoms with E-state index in [2.05, 4.69) is 4.72 Å². The maximum Gasteiger partial charge on any atom is 0.274 e. The average molecular weight is 304 g/mol. The molecule has 1 amide bonds. The van der Waals surface area contributed by atoms with Crippen LogP contribution in [0.5, 0.6) is 0 Å². The number of carbonyl (C=O) groups excluding carboxylic acids is 1. The summed E-state index contributed by atoms with van der Waals surface area (Å²) in [5, 5.41) is 5.56. The van der Waals surface area contributed by atoms with Crippen LogP contribution < -0.4 is 9.86 Å². The number of likely N-dealkylation sites (tertiary alicyclic amines) is 1. The highest BCUT2D eigenvalue weighted by Gasteiger charge is 2.39. The summed E-state index contributed by atoms with van der Waals surface area (Å²) in [4.78, 5) is 13.3. The van der Waals surface area contributed by atoms with Crippen molar-refractivity contribution in [1.82, 2.24) is 9.62 Å². The predicted molar refractivity (Wildman–Crippen MR) is 71.6 cm³/mol. The Morgan fingerprint density at radius 3 is 2.47 bits per heavy atom. The van der Waals surface area contributed by atoms with Crippen molar-refractivity contribution in [3.63, 3.8) is 0 Å². The van der Waals surface area contributed by atoms with E-state index in [0.717, 1.165) is 5.56 Å². The molecule has 1 fully saturated rings. The zero-order valence-electron chi connectivity index (χ0n) is 10.2. The molecule has 1 aliphatic heterocycles. The zero-order valence-corrected chi connectivity index (χ0v) is 11.8. The number of benzene rings is 1. The van der Waals surface area contributed by atoms with E-state index in [-0.39, 0.29) is 18.4 Å². The monoisotopic (exact) mass is 303 g/mol. The second-order valence-corrected chi connectivity index (χ2v) is 6.24. The number of likely N-dealkylation sites (N-methyl/N-ethyl adjacent to an activating group) is 1. The fourth-order valence-electron chi connectivity index (χ4n) is 2.30. The number of nitrogens with zero attached hydrogens (tertiary/aromatic N) is 1.